The Hall–Kier alpha value is -3.38. The molecule has 2 N–H and O–H groups in total. The Kier molecular flexibility index (Phi) is 5.18. The van der Waals surface area contributed by atoms with Gasteiger partial charge in [0.25, 0.3) is 5.91 Å². The minimum Gasteiger partial charge on any atom is -0.488 e. The van der Waals surface area contributed by atoms with E-state index < -0.39 is 11.9 Å². The number of halogens is 1. The average molecular weight is 408 g/mol. The zero-order valence-corrected chi connectivity index (χ0v) is 16.4. The van der Waals surface area contributed by atoms with E-state index in [-0.39, 0.29) is 5.91 Å². The summed E-state index contributed by atoms with van der Waals surface area (Å²) < 4.78 is 5.80. The lowest BCUT2D eigenvalue weighted by atomic mass is 9.97. The van der Waals surface area contributed by atoms with E-state index in [2.05, 4.69) is 15.6 Å². The van der Waals surface area contributed by atoms with E-state index >= 15 is 0 Å². The molecule has 0 saturated carbocycles. The largest absolute Gasteiger partial charge is 0.488 e. The number of hydrogen-bond donors (Lipinski definition) is 2. The molecule has 1 aliphatic heterocycles. The Morgan fingerprint density at radius 3 is 2.76 bits per heavy atom. The lowest BCUT2D eigenvalue weighted by molar-refractivity contribution is -0.122. The van der Waals surface area contributed by atoms with Crippen LogP contribution < -0.4 is 15.4 Å². The fourth-order valence-corrected chi connectivity index (χ4v) is 3.56. The highest BCUT2D eigenvalue weighted by Crippen LogP contribution is 2.37. The molecule has 6 nitrogen and oxygen atoms in total. The number of rotatable bonds is 4. The van der Waals surface area contributed by atoms with Crippen LogP contribution in [0.1, 0.15) is 27.5 Å². The number of benzene rings is 2. The van der Waals surface area contributed by atoms with Gasteiger partial charge in [-0.15, -0.1) is 0 Å². The molecule has 1 atom stereocenters. The number of hydrogen-bond acceptors (Lipinski definition) is 4. The Morgan fingerprint density at radius 1 is 1.14 bits per heavy atom. The first kappa shape index (κ1) is 19.0. The standard InChI is InChI=1S/C22H18ClN3O3/c1-24-22(28)20(17-4-2-3-5-18(17)23)26-21(27)13-6-7-16-15-8-9-25-11-14(15)12-29-19(16)10-13/h2-11,20H,12H2,1H3,(H,24,28)(H,26,27). The first-order valence-corrected chi connectivity index (χ1v) is 9.43. The van der Waals surface area contributed by atoms with Gasteiger partial charge in [0.15, 0.2) is 0 Å². The summed E-state index contributed by atoms with van der Waals surface area (Å²) in [6.45, 7) is 0.391. The molecule has 0 fully saturated rings. The van der Waals surface area contributed by atoms with E-state index in [0.29, 0.717) is 28.5 Å². The molecule has 7 heteroatoms. The van der Waals surface area contributed by atoms with Crippen LogP contribution in [0.25, 0.3) is 11.1 Å². The Bertz CT molecular complexity index is 1100. The number of aromatic nitrogens is 1. The Morgan fingerprint density at radius 2 is 1.97 bits per heavy atom. The van der Waals surface area contributed by atoms with Crippen molar-refractivity contribution in [2.45, 2.75) is 12.6 Å². The molecule has 1 aromatic heterocycles. The van der Waals surface area contributed by atoms with Crippen LogP contribution in [-0.2, 0) is 11.4 Å². The van der Waals surface area contributed by atoms with Gasteiger partial charge in [0.2, 0.25) is 5.91 Å². The van der Waals surface area contributed by atoms with Gasteiger partial charge in [-0.05, 0) is 35.9 Å². The fourth-order valence-electron chi connectivity index (χ4n) is 3.32. The second-order valence-corrected chi connectivity index (χ2v) is 6.98. The zero-order chi connectivity index (χ0) is 20.4. The highest BCUT2D eigenvalue weighted by Gasteiger charge is 2.25. The number of carbonyl (C=O) groups excluding carboxylic acids is 2. The van der Waals surface area contributed by atoms with Crippen LogP contribution in [0.5, 0.6) is 5.75 Å². The van der Waals surface area contributed by atoms with Gasteiger partial charge in [0.05, 0.1) is 0 Å². The minimum atomic E-state index is -0.912. The molecule has 2 aromatic carbocycles. The third-order valence-corrected chi connectivity index (χ3v) is 5.17. The van der Waals surface area contributed by atoms with Crippen LogP contribution in [0.3, 0.4) is 0 Å². The van der Waals surface area contributed by atoms with Crippen molar-refractivity contribution in [3.63, 3.8) is 0 Å². The molecule has 0 bridgehead atoms. The number of nitrogens with one attached hydrogen (secondary N) is 2. The van der Waals surface area contributed by atoms with Crippen LogP contribution in [0.4, 0.5) is 0 Å². The van der Waals surface area contributed by atoms with Crippen molar-refractivity contribution >= 4 is 23.4 Å². The molecule has 0 aliphatic carbocycles. The van der Waals surface area contributed by atoms with Crippen LogP contribution in [0.2, 0.25) is 5.02 Å². The van der Waals surface area contributed by atoms with Crippen molar-refractivity contribution in [3.8, 4) is 16.9 Å². The molecule has 2 amide bonds. The van der Waals surface area contributed by atoms with Crippen molar-refractivity contribution in [1.82, 2.24) is 15.6 Å². The summed E-state index contributed by atoms with van der Waals surface area (Å²) in [5, 5.41) is 5.73. The molecule has 1 aliphatic rings. The summed E-state index contributed by atoms with van der Waals surface area (Å²) in [6.07, 6.45) is 3.50. The van der Waals surface area contributed by atoms with Gasteiger partial charge in [-0.25, -0.2) is 0 Å². The zero-order valence-electron chi connectivity index (χ0n) is 15.6. The quantitative estimate of drug-likeness (QED) is 0.693. The highest BCUT2D eigenvalue weighted by atomic mass is 35.5. The Balaban J connectivity index is 1.63. The molecule has 2 heterocycles. The second kappa shape index (κ2) is 7.93. The van der Waals surface area contributed by atoms with Crippen molar-refractivity contribution in [2.24, 2.45) is 0 Å². The van der Waals surface area contributed by atoms with Crippen molar-refractivity contribution in [2.75, 3.05) is 7.05 Å². The summed E-state index contributed by atoms with van der Waals surface area (Å²) in [6, 6.07) is 13.2. The first-order valence-electron chi connectivity index (χ1n) is 9.05. The maximum atomic E-state index is 12.9. The molecule has 146 valence electrons. The predicted octanol–water partition coefficient (Wildman–Crippen LogP) is 3.51. The van der Waals surface area contributed by atoms with Gasteiger partial charge in [-0.2, -0.15) is 0 Å². The number of carbonyl (C=O) groups is 2. The maximum Gasteiger partial charge on any atom is 0.252 e. The van der Waals surface area contributed by atoms with Gasteiger partial charge >= 0.3 is 0 Å². The van der Waals surface area contributed by atoms with Crippen LogP contribution in [-0.4, -0.2) is 23.8 Å². The van der Waals surface area contributed by atoms with Gasteiger partial charge in [0.1, 0.15) is 18.4 Å². The van der Waals surface area contributed by atoms with E-state index in [1.54, 1.807) is 48.8 Å². The number of likely N-dealkylation sites (N-methyl/N-ethyl adjacent to an activating group) is 1. The van der Waals surface area contributed by atoms with Crippen molar-refractivity contribution < 1.29 is 14.3 Å². The monoisotopic (exact) mass is 407 g/mol. The van der Waals surface area contributed by atoms with E-state index in [4.69, 9.17) is 16.3 Å². The fraction of sp³-hybridized carbons (Fsp3) is 0.136. The molecule has 0 spiro atoms. The van der Waals surface area contributed by atoms with Crippen LogP contribution >= 0.6 is 11.6 Å². The molecular formula is C22H18ClN3O3. The average Bonchev–Trinajstić information content (AvgIpc) is 2.77. The molecule has 0 saturated heterocycles. The number of amides is 2. The third kappa shape index (κ3) is 3.67. The van der Waals surface area contributed by atoms with Crippen molar-refractivity contribution in [3.05, 3.63) is 82.6 Å². The number of pyridine rings is 1. The molecule has 1 unspecified atom stereocenters. The van der Waals surface area contributed by atoms with Gasteiger partial charge in [-0.3, -0.25) is 14.6 Å². The normalized spacial score (nSPS) is 12.8. The maximum absolute atomic E-state index is 12.9. The predicted molar refractivity (Wildman–Crippen MR) is 110 cm³/mol. The summed E-state index contributed by atoms with van der Waals surface area (Å²) in [4.78, 5) is 29.4. The smallest absolute Gasteiger partial charge is 0.252 e. The third-order valence-electron chi connectivity index (χ3n) is 4.82. The van der Waals surface area contributed by atoms with Gasteiger partial charge in [0, 0.05) is 46.7 Å². The summed E-state index contributed by atoms with van der Waals surface area (Å²) in [5.41, 5.74) is 3.85. The summed E-state index contributed by atoms with van der Waals surface area (Å²) in [5.74, 6) is -0.141. The van der Waals surface area contributed by atoms with Gasteiger partial charge < -0.3 is 15.4 Å². The summed E-state index contributed by atoms with van der Waals surface area (Å²) in [7, 11) is 1.51. The lowest BCUT2D eigenvalue weighted by Gasteiger charge is -2.22. The summed E-state index contributed by atoms with van der Waals surface area (Å²) >= 11 is 6.24. The first-order chi connectivity index (χ1) is 14.1. The topological polar surface area (TPSA) is 80.3 Å². The van der Waals surface area contributed by atoms with E-state index in [0.717, 1.165) is 16.7 Å². The van der Waals surface area contributed by atoms with Crippen LogP contribution in [0, 0.1) is 0 Å². The lowest BCUT2D eigenvalue weighted by Crippen LogP contribution is -2.39. The molecular weight excluding hydrogens is 390 g/mol. The van der Waals surface area contributed by atoms with Crippen molar-refractivity contribution in [1.29, 1.82) is 0 Å². The van der Waals surface area contributed by atoms with E-state index in [1.807, 2.05) is 12.1 Å². The molecule has 4 rings (SSSR count). The Labute approximate surface area is 172 Å². The SMILES string of the molecule is CNC(=O)C(NC(=O)c1ccc2c(c1)OCc1cnccc1-2)c1ccccc1Cl. The second-order valence-electron chi connectivity index (χ2n) is 6.57. The minimum absolute atomic E-state index is 0.359. The van der Waals surface area contributed by atoms with E-state index in [1.165, 1.54) is 7.05 Å². The molecule has 29 heavy (non-hydrogen) atoms. The molecule has 0 radical (unpaired) electrons. The van der Waals surface area contributed by atoms with Crippen LogP contribution in [0.15, 0.2) is 60.9 Å². The van der Waals surface area contributed by atoms with Gasteiger partial charge in [-0.1, -0.05) is 29.8 Å². The number of nitrogens with zero attached hydrogens (tertiary/aromatic N) is 1. The number of fused-ring (bicyclic) bond motifs is 3. The highest BCUT2D eigenvalue weighted by molar-refractivity contribution is 6.31. The number of ether oxygens (including phenoxy) is 1. The van der Waals surface area contributed by atoms with E-state index in [9.17, 15) is 9.59 Å². The molecule has 3 aromatic rings.